The standard InChI is InChI=1S/C15H24FNOS/c1-3-19-11-8-13(12-17-9-10-18-2)14-6-4-5-7-15(14)16/h4-7,13,17H,3,8-12H2,1-2H3. The van der Waals surface area contributed by atoms with Crippen molar-refractivity contribution in [2.75, 3.05) is 38.3 Å². The quantitative estimate of drug-likeness (QED) is 0.667. The van der Waals surface area contributed by atoms with E-state index in [0.29, 0.717) is 6.61 Å². The van der Waals surface area contributed by atoms with Crippen LogP contribution in [-0.4, -0.2) is 38.3 Å². The molecule has 0 heterocycles. The normalized spacial score (nSPS) is 12.6. The highest BCUT2D eigenvalue weighted by Gasteiger charge is 2.14. The summed E-state index contributed by atoms with van der Waals surface area (Å²) in [6, 6.07) is 7.10. The lowest BCUT2D eigenvalue weighted by Crippen LogP contribution is -2.26. The van der Waals surface area contributed by atoms with Crippen LogP contribution in [0.15, 0.2) is 24.3 Å². The molecule has 0 saturated heterocycles. The van der Waals surface area contributed by atoms with E-state index in [0.717, 1.165) is 36.6 Å². The number of rotatable bonds is 10. The third-order valence-corrected chi connectivity index (χ3v) is 3.97. The summed E-state index contributed by atoms with van der Waals surface area (Å²) >= 11 is 1.91. The van der Waals surface area contributed by atoms with Gasteiger partial charge in [-0.2, -0.15) is 11.8 Å². The molecule has 0 fully saturated rings. The molecule has 0 radical (unpaired) electrons. The van der Waals surface area contributed by atoms with Crippen LogP contribution in [0.2, 0.25) is 0 Å². The minimum absolute atomic E-state index is 0.0949. The second-order valence-corrected chi connectivity index (χ2v) is 5.79. The molecule has 4 heteroatoms. The molecule has 0 saturated carbocycles. The molecule has 1 aromatic rings. The molecule has 1 atom stereocenters. The number of hydrogen-bond acceptors (Lipinski definition) is 3. The van der Waals surface area contributed by atoms with E-state index in [1.807, 2.05) is 23.9 Å². The lowest BCUT2D eigenvalue weighted by atomic mass is 9.96. The first kappa shape index (κ1) is 16.5. The van der Waals surface area contributed by atoms with Crippen molar-refractivity contribution in [3.8, 4) is 0 Å². The maximum absolute atomic E-state index is 13.9. The molecule has 108 valence electrons. The van der Waals surface area contributed by atoms with Crippen LogP contribution in [0.4, 0.5) is 4.39 Å². The number of methoxy groups -OCH3 is 1. The lowest BCUT2D eigenvalue weighted by Gasteiger charge is -2.18. The van der Waals surface area contributed by atoms with Gasteiger partial charge in [0.05, 0.1) is 6.61 Å². The maximum Gasteiger partial charge on any atom is 0.126 e. The molecule has 0 aliphatic heterocycles. The van der Waals surface area contributed by atoms with Gasteiger partial charge >= 0.3 is 0 Å². The fourth-order valence-electron chi connectivity index (χ4n) is 1.99. The van der Waals surface area contributed by atoms with Crippen LogP contribution in [0.5, 0.6) is 0 Å². The molecule has 1 N–H and O–H groups in total. The average molecular weight is 285 g/mol. The molecule has 0 aliphatic rings. The van der Waals surface area contributed by atoms with Gasteiger partial charge in [-0.3, -0.25) is 0 Å². The Bertz CT molecular complexity index is 349. The van der Waals surface area contributed by atoms with Crippen molar-refractivity contribution in [2.45, 2.75) is 19.3 Å². The Morgan fingerprint density at radius 1 is 1.37 bits per heavy atom. The molecule has 0 aromatic heterocycles. The van der Waals surface area contributed by atoms with E-state index in [9.17, 15) is 4.39 Å². The van der Waals surface area contributed by atoms with E-state index < -0.39 is 0 Å². The van der Waals surface area contributed by atoms with Crippen LogP contribution in [0.1, 0.15) is 24.8 Å². The molecule has 0 aliphatic carbocycles. The number of benzene rings is 1. The Hall–Kier alpha value is -0.580. The van der Waals surface area contributed by atoms with E-state index in [-0.39, 0.29) is 11.7 Å². The predicted molar refractivity (Wildman–Crippen MR) is 81.5 cm³/mol. The van der Waals surface area contributed by atoms with Crippen molar-refractivity contribution < 1.29 is 9.13 Å². The second kappa shape index (κ2) is 10.2. The van der Waals surface area contributed by atoms with Crippen molar-refractivity contribution in [2.24, 2.45) is 0 Å². The largest absolute Gasteiger partial charge is 0.383 e. The Morgan fingerprint density at radius 3 is 2.84 bits per heavy atom. The van der Waals surface area contributed by atoms with E-state index in [4.69, 9.17) is 4.74 Å². The van der Waals surface area contributed by atoms with Crippen LogP contribution in [0, 0.1) is 5.82 Å². The highest BCUT2D eigenvalue weighted by molar-refractivity contribution is 7.99. The van der Waals surface area contributed by atoms with E-state index in [2.05, 4.69) is 12.2 Å². The molecule has 1 rings (SSSR count). The third-order valence-electron chi connectivity index (χ3n) is 3.03. The fraction of sp³-hybridized carbons (Fsp3) is 0.600. The summed E-state index contributed by atoms with van der Waals surface area (Å²) in [5, 5.41) is 3.34. The molecular formula is C15H24FNOS. The molecule has 1 unspecified atom stereocenters. The van der Waals surface area contributed by atoms with Gasteiger partial charge in [0.1, 0.15) is 5.82 Å². The van der Waals surface area contributed by atoms with Gasteiger partial charge < -0.3 is 10.1 Å². The fourth-order valence-corrected chi connectivity index (χ4v) is 2.73. The number of nitrogens with one attached hydrogen (secondary N) is 1. The van der Waals surface area contributed by atoms with Crippen LogP contribution in [0.3, 0.4) is 0 Å². The molecule has 0 bridgehead atoms. The molecule has 0 amide bonds. The average Bonchev–Trinajstić information content (AvgIpc) is 2.42. The number of ether oxygens (including phenoxy) is 1. The monoisotopic (exact) mass is 285 g/mol. The van der Waals surface area contributed by atoms with Crippen molar-refractivity contribution in [1.29, 1.82) is 0 Å². The summed E-state index contributed by atoms with van der Waals surface area (Å²) in [4.78, 5) is 0. The summed E-state index contributed by atoms with van der Waals surface area (Å²) < 4.78 is 18.9. The van der Waals surface area contributed by atoms with Crippen LogP contribution < -0.4 is 5.32 Å². The first-order valence-corrected chi connectivity index (χ1v) is 7.96. The zero-order chi connectivity index (χ0) is 13.9. The molecule has 1 aromatic carbocycles. The van der Waals surface area contributed by atoms with E-state index in [1.54, 1.807) is 19.2 Å². The van der Waals surface area contributed by atoms with Crippen molar-refractivity contribution in [3.63, 3.8) is 0 Å². The highest BCUT2D eigenvalue weighted by Crippen LogP contribution is 2.23. The van der Waals surface area contributed by atoms with Gasteiger partial charge in [-0.05, 0) is 29.6 Å². The van der Waals surface area contributed by atoms with E-state index in [1.165, 1.54) is 0 Å². The van der Waals surface area contributed by atoms with Gasteiger partial charge in [0.15, 0.2) is 0 Å². The Balaban J connectivity index is 2.55. The van der Waals surface area contributed by atoms with E-state index >= 15 is 0 Å². The van der Waals surface area contributed by atoms with Gasteiger partial charge in [0, 0.05) is 26.1 Å². The van der Waals surface area contributed by atoms with Crippen LogP contribution in [-0.2, 0) is 4.74 Å². The summed E-state index contributed by atoms with van der Waals surface area (Å²) in [6.45, 7) is 4.45. The topological polar surface area (TPSA) is 21.3 Å². The SMILES string of the molecule is CCSCCC(CNCCOC)c1ccccc1F. The second-order valence-electron chi connectivity index (χ2n) is 4.40. The van der Waals surface area contributed by atoms with Gasteiger partial charge in [-0.15, -0.1) is 0 Å². The van der Waals surface area contributed by atoms with Gasteiger partial charge in [0.25, 0.3) is 0 Å². The third kappa shape index (κ3) is 6.41. The van der Waals surface area contributed by atoms with Gasteiger partial charge in [0.2, 0.25) is 0 Å². The van der Waals surface area contributed by atoms with Gasteiger partial charge in [-0.1, -0.05) is 25.1 Å². The molecule has 19 heavy (non-hydrogen) atoms. The first-order chi connectivity index (χ1) is 9.29. The number of hydrogen-bond donors (Lipinski definition) is 1. The summed E-state index contributed by atoms with van der Waals surface area (Å²) in [6.07, 6.45) is 0.999. The zero-order valence-corrected chi connectivity index (χ0v) is 12.6. The first-order valence-electron chi connectivity index (χ1n) is 6.81. The van der Waals surface area contributed by atoms with Crippen molar-refractivity contribution in [1.82, 2.24) is 5.32 Å². The predicted octanol–water partition coefficient (Wildman–Crippen LogP) is 3.29. The minimum Gasteiger partial charge on any atom is -0.383 e. The van der Waals surface area contributed by atoms with Gasteiger partial charge in [-0.25, -0.2) is 4.39 Å². The molecular weight excluding hydrogens is 261 g/mol. The Morgan fingerprint density at radius 2 is 2.16 bits per heavy atom. The lowest BCUT2D eigenvalue weighted by molar-refractivity contribution is 0.199. The molecule has 0 spiro atoms. The smallest absolute Gasteiger partial charge is 0.126 e. The summed E-state index contributed by atoms with van der Waals surface area (Å²) in [5.74, 6) is 2.32. The molecule has 2 nitrogen and oxygen atoms in total. The number of thioether (sulfide) groups is 1. The van der Waals surface area contributed by atoms with Crippen molar-refractivity contribution >= 4 is 11.8 Å². The summed E-state index contributed by atoms with van der Waals surface area (Å²) in [7, 11) is 1.69. The van der Waals surface area contributed by atoms with Crippen molar-refractivity contribution in [3.05, 3.63) is 35.6 Å². The van der Waals surface area contributed by atoms with Crippen LogP contribution in [0.25, 0.3) is 0 Å². The minimum atomic E-state index is -0.0949. The maximum atomic E-state index is 13.9. The highest BCUT2D eigenvalue weighted by atomic mass is 32.2. The Labute approximate surface area is 120 Å². The zero-order valence-electron chi connectivity index (χ0n) is 11.8. The Kier molecular flexibility index (Phi) is 8.88. The van der Waals surface area contributed by atoms with Crippen LogP contribution >= 0.6 is 11.8 Å². The number of halogens is 1. The summed E-state index contributed by atoms with van der Waals surface area (Å²) in [5.41, 5.74) is 0.823.